The largest absolute Gasteiger partial charge is 0.328 e. The smallest absolute Gasteiger partial charge is 0.112 e. The molecule has 0 saturated carbocycles. The molecule has 1 nitrogen and oxygen atoms in total. The van der Waals surface area contributed by atoms with Crippen molar-refractivity contribution < 1.29 is 4.39 Å². The molecule has 9 heavy (non-hydrogen) atoms. The predicted octanol–water partition coefficient (Wildman–Crippen LogP) is 1.64. The lowest BCUT2D eigenvalue weighted by Crippen LogP contribution is -2.14. The van der Waals surface area contributed by atoms with Gasteiger partial charge in [0.05, 0.1) is 0 Å². The van der Waals surface area contributed by atoms with Gasteiger partial charge < -0.3 is 5.73 Å². The summed E-state index contributed by atoms with van der Waals surface area (Å²) in [5.41, 5.74) is 5.05. The van der Waals surface area contributed by atoms with E-state index in [0.29, 0.717) is 6.42 Å². The Balaban J connectivity index is 2.96. The number of alkyl halides is 1. The van der Waals surface area contributed by atoms with Crippen molar-refractivity contribution in [3.63, 3.8) is 0 Å². The Hall–Kier alpha value is -0.370. The monoisotopic (exact) mass is 131 g/mol. The zero-order valence-corrected chi connectivity index (χ0v) is 5.65. The highest BCUT2D eigenvalue weighted by Crippen LogP contribution is 2.02. The lowest BCUT2D eigenvalue weighted by molar-refractivity contribution is 0.317. The van der Waals surface area contributed by atoms with Crippen LogP contribution in [0.5, 0.6) is 0 Å². The van der Waals surface area contributed by atoms with Crippen molar-refractivity contribution in [1.82, 2.24) is 0 Å². The van der Waals surface area contributed by atoms with E-state index in [1.54, 1.807) is 6.08 Å². The normalized spacial score (nSPS) is 13.1. The van der Waals surface area contributed by atoms with Crippen molar-refractivity contribution in [2.75, 3.05) is 6.54 Å². The fourth-order valence-electron chi connectivity index (χ4n) is 0.602. The minimum Gasteiger partial charge on any atom is -0.328 e. The maximum atomic E-state index is 12.3. The summed E-state index contributed by atoms with van der Waals surface area (Å²) in [4.78, 5) is 0. The summed E-state index contributed by atoms with van der Waals surface area (Å²) < 4.78 is 12.3. The van der Waals surface area contributed by atoms with Crippen LogP contribution in [0.25, 0.3) is 0 Å². The van der Waals surface area contributed by atoms with Gasteiger partial charge in [-0.3, -0.25) is 0 Å². The molecule has 0 fully saturated rings. The third kappa shape index (κ3) is 5.50. The van der Waals surface area contributed by atoms with Gasteiger partial charge in [-0.1, -0.05) is 6.08 Å². The molecule has 0 bridgehead atoms. The third-order valence-electron chi connectivity index (χ3n) is 1.18. The maximum absolute atomic E-state index is 12.3. The van der Waals surface area contributed by atoms with Gasteiger partial charge in [0.1, 0.15) is 6.17 Å². The molecule has 2 heteroatoms. The lowest BCUT2D eigenvalue weighted by Gasteiger charge is -2.01. The molecule has 0 amide bonds. The Bertz CT molecular complexity index is 73.3. The molecule has 0 aliphatic rings. The first-order valence-electron chi connectivity index (χ1n) is 3.26. The standard InChI is InChI=1S/C7H14FN/c1-2-3-4-5-7(8)6-9/h2,7H,1,3-6,9H2/t7-/m0/s1. The highest BCUT2D eigenvalue weighted by atomic mass is 19.1. The van der Waals surface area contributed by atoms with Crippen LogP contribution in [-0.2, 0) is 0 Å². The van der Waals surface area contributed by atoms with Gasteiger partial charge in [-0.25, -0.2) is 4.39 Å². The predicted molar refractivity (Wildman–Crippen MR) is 38.0 cm³/mol. The average molecular weight is 131 g/mol. The van der Waals surface area contributed by atoms with Crippen molar-refractivity contribution in [3.05, 3.63) is 12.7 Å². The molecule has 0 rings (SSSR count). The first-order valence-corrected chi connectivity index (χ1v) is 3.26. The number of hydrogen-bond acceptors (Lipinski definition) is 1. The molecular weight excluding hydrogens is 117 g/mol. The number of rotatable bonds is 5. The van der Waals surface area contributed by atoms with Gasteiger partial charge in [0.25, 0.3) is 0 Å². The molecule has 0 aromatic rings. The highest BCUT2D eigenvalue weighted by Gasteiger charge is 2.00. The van der Waals surface area contributed by atoms with Crippen molar-refractivity contribution in [2.45, 2.75) is 25.4 Å². The Morgan fingerprint density at radius 3 is 2.78 bits per heavy atom. The fraction of sp³-hybridized carbons (Fsp3) is 0.714. The summed E-state index contributed by atoms with van der Waals surface area (Å²) in [5.74, 6) is 0. The van der Waals surface area contributed by atoms with Crippen LogP contribution in [0.3, 0.4) is 0 Å². The molecule has 0 aromatic carbocycles. The van der Waals surface area contributed by atoms with E-state index in [4.69, 9.17) is 5.73 Å². The Morgan fingerprint density at radius 1 is 1.67 bits per heavy atom. The molecule has 0 aliphatic carbocycles. The number of halogens is 1. The molecular formula is C7H14FN. The molecule has 0 radical (unpaired) electrons. The minimum atomic E-state index is -0.815. The second-order valence-corrected chi connectivity index (χ2v) is 2.05. The van der Waals surface area contributed by atoms with E-state index >= 15 is 0 Å². The fourth-order valence-corrected chi connectivity index (χ4v) is 0.602. The highest BCUT2D eigenvalue weighted by molar-refractivity contribution is 4.67. The number of nitrogens with two attached hydrogens (primary N) is 1. The first kappa shape index (κ1) is 8.63. The molecule has 0 unspecified atom stereocenters. The molecule has 0 aliphatic heterocycles. The Morgan fingerprint density at radius 2 is 2.33 bits per heavy atom. The van der Waals surface area contributed by atoms with Crippen LogP contribution in [0.4, 0.5) is 4.39 Å². The molecule has 1 atom stereocenters. The summed E-state index contributed by atoms with van der Waals surface area (Å²) in [7, 11) is 0. The SMILES string of the molecule is C=CCCC[C@H](F)CN. The molecule has 54 valence electrons. The van der Waals surface area contributed by atoms with Gasteiger partial charge in [0, 0.05) is 6.54 Å². The second kappa shape index (κ2) is 5.76. The van der Waals surface area contributed by atoms with Gasteiger partial charge in [0.2, 0.25) is 0 Å². The van der Waals surface area contributed by atoms with Crippen LogP contribution in [-0.4, -0.2) is 12.7 Å². The van der Waals surface area contributed by atoms with Crippen molar-refractivity contribution in [2.24, 2.45) is 5.73 Å². The van der Waals surface area contributed by atoms with E-state index in [1.807, 2.05) is 0 Å². The summed E-state index contributed by atoms with van der Waals surface area (Å²) in [6.07, 6.45) is 3.30. The van der Waals surface area contributed by atoms with Gasteiger partial charge in [-0.2, -0.15) is 0 Å². The van der Waals surface area contributed by atoms with Gasteiger partial charge in [0.15, 0.2) is 0 Å². The molecule has 0 aromatic heterocycles. The van der Waals surface area contributed by atoms with E-state index in [0.717, 1.165) is 12.8 Å². The van der Waals surface area contributed by atoms with Crippen molar-refractivity contribution in [3.8, 4) is 0 Å². The molecule has 0 heterocycles. The molecule has 0 saturated heterocycles. The zero-order chi connectivity index (χ0) is 7.11. The first-order chi connectivity index (χ1) is 4.31. The molecule has 0 spiro atoms. The van der Waals surface area contributed by atoms with Crippen LogP contribution in [0.2, 0.25) is 0 Å². The maximum Gasteiger partial charge on any atom is 0.112 e. The number of hydrogen-bond donors (Lipinski definition) is 1. The van der Waals surface area contributed by atoms with Crippen LogP contribution in [0, 0.1) is 0 Å². The van der Waals surface area contributed by atoms with E-state index < -0.39 is 6.17 Å². The zero-order valence-electron chi connectivity index (χ0n) is 5.65. The van der Waals surface area contributed by atoms with Crippen LogP contribution in [0.1, 0.15) is 19.3 Å². The van der Waals surface area contributed by atoms with E-state index in [2.05, 4.69) is 6.58 Å². The van der Waals surface area contributed by atoms with E-state index in [1.165, 1.54) is 0 Å². The van der Waals surface area contributed by atoms with E-state index in [-0.39, 0.29) is 6.54 Å². The Kier molecular flexibility index (Phi) is 5.52. The quantitative estimate of drug-likeness (QED) is 0.445. The van der Waals surface area contributed by atoms with Crippen LogP contribution < -0.4 is 5.73 Å². The van der Waals surface area contributed by atoms with Crippen molar-refractivity contribution >= 4 is 0 Å². The van der Waals surface area contributed by atoms with Crippen molar-refractivity contribution in [1.29, 1.82) is 0 Å². The van der Waals surface area contributed by atoms with Crippen LogP contribution in [0.15, 0.2) is 12.7 Å². The number of unbranched alkanes of at least 4 members (excludes halogenated alkanes) is 1. The minimum absolute atomic E-state index is 0.150. The van der Waals surface area contributed by atoms with Crippen LogP contribution >= 0.6 is 0 Å². The van der Waals surface area contributed by atoms with E-state index in [9.17, 15) is 4.39 Å². The molecule has 2 N–H and O–H groups in total. The van der Waals surface area contributed by atoms with Gasteiger partial charge in [-0.15, -0.1) is 6.58 Å². The van der Waals surface area contributed by atoms with Gasteiger partial charge >= 0.3 is 0 Å². The Labute approximate surface area is 55.7 Å². The lowest BCUT2D eigenvalue weighted by atomic mass is 10.2. The summed E-state index contributed by atoms with van der Waals surface area (Å²) in [6, 6.07) is 0. The topological polar surface area (TPSA) is 26.0 Å². The third-order valence-corrected chi connectivity index (χ3v) is 1.18. The second-order valence-electron chi connectivity index (χ2n) is 2.05. The average Bonchev–Trinajstić information content (AvgIpc) is 1.89. The van der Waals surface area contributed by atoms with Gasteiger partial charge in [-0.05, 0) is 19.3 Å². The number of allylic oxidation sites excluding steroid dienone is 1. The summed E-state index contributed by atoms with van der Waals surface area (Å²) in [5, 5.41) is 0. The summed E-state index contributed by atoms with van der Waals surface area (Å²) in [6.45, 7) is 3.68. The summed E-state index contributed by atoms with van der Waals surface area (Å²) >= 11 is 0.